The van der Waals surface area contributed by atoms with Gasteiger partial charge in [-0.1, -0.05) is 166 Å². The number of aromatic nitrogens is 5. The van der Waals surface area contributed by atoms with Gasteiger partial charge < -0.3 is 8.98 Å². The number of para-hydroxylation sites is 2. The zero-order chi connectivity index (χ0) is 43.7. The third kappa shape index (κ3) is 5.33. The van der Waals surface area contributed by atoms with Crippen molar-refractivity contribution in [3.63, 3.8) is 0 Å². The van der Waals surface area contributed by atoms with E-state index in [2.05, 4.69) is 181 Å². The largest absolute Gasteiger partial charge is 0.458 e. The van der Waals surface area contributed by atoms with Gasteiger partial charge in [-0.2, -0.15) is 9.97 Å². The summed E-state index contributed by atoms with van der Waals surface area (Å²) < 4.78 is 11.5. The summed E-state index contributed by atoms with van der Waals surface area (Å²) in [5.74, 6) is 2.86. The van der Waals surface area contributed by atoms with E-state index >= 15 is 0 Å². The van der Waals surface area contributed by atoms with Crippen molar-refractivity contribution in [2.24, 2.45) is 0 Å². The Hall–Kier alpha value is -8.35. The van der Waals surface area contributed by atoms with Crippen molar-refractivity contribution in [2.75, 3.05) is 0 Å². The second kappa shape index (κ2) is 13.8. The van der Waals surface area contributed by atoms with E-state index in [9.17, 15) is 0 Å². The maximum atomic E-state index is 6.71. The van der Waals surface area contributed by atoms with Crippen LogP contribution in [0.5, 0.6) is 0 Å². The molecule has 0 saturated carbocycles. The molecule has 0 amide bonds. The fourth-order valence-corrected chi connectivity index (χ4v) is 11.2. The molecule has 0 bridgehead atoms. The topological polar surface area (TPSA) is 61.7 Å². The lowest BCUT2D eigenvalue weighted by Gasteiger charge is -2.22. The van der Waals surface area contributed by atoms with Crippen molar-refractivity contribution in [3.05, 3.63) is 211 Å². The monoisotopic (exact) mass is 847 g/mol. The fourth-order valence-electron chi connectivity index (χ4n) is 11.2. The lowest BCUT2D eigenvalue weighted by Crippen LogP contribution is -2.15. The number of hydrogen-bond donors (Lipinski definition) is 0. The highest BCUT2D eigenvalue weighted by Gasteiger charge is 2.36. The summed E-state index contributed by atoms with van der Waals surface area (Å²) in [7, 11) is 0. The maximum absolute atomic E-state index is 6.71. The molecule has 2 aliphatic rings. The van der Waals surface area contributed by atoms with Gasteiger partial charge in [0.15, 0.2) is 11.6 Å². The zero-order valence-corrected chi connectivity index (χ0v) is 36.4. The van der Waals surface area contributed by atoms with Gasteiger partial charge in [-0.3, -0.25) is 4.57 Å². The lowest BCUT2D eigenvalue weighted by molar-refractivity contribution is 0.461. The molecule has 2 aliphatic carbocycles. The second-order valence-electron chi connectivity index (χ2n) is 18.3. The standard InChI is InChI=1S/C60H41N5O/c1-60(2)48-24-12-9-20-40(48)45-34-47-46-32-38(29-31-51(46)65(54(47)35-49(45)60)59-62-57(36-16-5-3-6-17-36)61-58(63-59)37-18-7-4-8-19-37)39-28-30-42-41-21-10-13-25-50(41)64(53(42)33-39)52-26-15-23-44-43-22-11-14-27-55(43)66-56(44)52/h3-25,27-35,52H,26H2,1-2H3. The van der Waals surface area contributed by atoms with Crippen LogP contribution in [0.1, 0.15) is 48.8 Å². The van der Waals surface area contributed by atoms with Gasteiger partial charge in [0, 0.05) is 54.6 Å². The van der Waals surface area contributed by atoms with Crippen LogP contribution in [-0.2, 0) is 5.41 Å². The zero-order valence-electron chi connectivity index (χ0n) is 36.4. The number of rotatable bonds is 5. The van der Waals surface area contributed by atoms with E-state index in [0.29, 0.717) is 17.6 Å². The minimum atomic E-state index is -0.193. The molecule has 12 aromatic rings. The Morgan fingerprint density at radius 3 is 1.94 bits per heavy atom. The van der Waals surface area contributed by atoms with E-state index < -0.39 is 0 Å². The Kier molecular flexibility index (Phi) is 7.76. The number of nitrogens with zero attached hydrogens (tertiary/aromatic N) is 5. The molecule has 4 aromatic heterocycles. The Bertz CT molecular complexity index is 3940. The van der Waals surface area contributed by atoms with Crippen LogP contribution in [0.2, 0.25) is 0 Å². The summed E-state index contributed by atoms with van der Waals surface area (Å²) >= 11 is 0. The van der Waals surface area contributed by atoms with Gasteiger partial charge in [0.05, 0.1) is 22.6 Å². The van der Waals surface area contributed by atoms with Gasteiger partial charge in [0.2, 0.25) is 5.95 Å². The average molecular weight is 848 g/mol. The quantitative estimate of drug-likeness (QED) is 0.173. The number of hydrogen-bond acceptors (Lipinski definition) is 4. The smallest absolute Gasteiger partial charge is 0.238 e. The molecule has 0 spiro atoms. The molecule has 6 heteroatoms. The van der Waals surface area contributed by atoms with E-state index in [1.807, 2.05) is 36.4 Å². The van der Waals surface area contributed by atoms with Crippen LogP contribution in [0.4, 0.5) is 0 Å². The summed E-state index contributed by atoms with van der Waals surface area (Å²) in [6, 6.07) is 65.2. The number of furan rings is 1. The predicted octanol–water partition coefficient (Wildman–Crippen LogP) is 15.1. The van der Waals surface area contributed by atoms with Crippen LogP contribution >= 0.6 is 0 Å². The SMILES string of the molecule is CC1(C)c2ccccc2-c2cc3c4cc(-c5ccc6c7ccccc7n(C7CC=Cc8c7oc7ccccc87)c6c5)ccc4n(-c4nc(-c5ccccc5)nc(-c5ccccc5)n4)c3cc21. The molecule has 0 radical (unpaired) electrons. The van der Waals surface area contributed by atoms with Crippen molar-refractivity contribution >= 4 is 60.7 Å². The average Bonchev–Trinajstić information content (AvgIpc) is 4.08. The minimum absolute atomic E-state index is 0.00615. The van der Waals surface area contributed by atoms with E-state index in [4.69, 9.17) is 19.4 Å². The third-order valence-corrected chi connectivity index (χ3v) is 14.3. The van der Waals surface area contributed by atoms with Crippen LogP contribution in [0.25, 0.3) is 112 Å². The van der Waals surface area contributed by atoms with E-state index in [1.54, 1.807) is 0 Å². The van der Waals surface area contributed by atoms with Gasteiger partial charge in [0.25, 0.3) is 0 Å². The molecule has 0 aliphatic heterocycles. The van der Waals surface area contributed by atoms with Crippen molar-refractivity contribution in [3.8, 4) is 51.0 Å². The molecule has 312 valence electrons. The van der Waals surface area contributed by atoms with Crippen LogP contribution < -0.4 is 0 Å². The van der Waals surface area contributed by atoms with Gasteiger partial charge in [0.1, 0.15) is 11.3 Å². The van der Waals surface area contributed by atoms with Crippen LogP contribution in [0.3, 0.4) is 0 Å². The first-order chi connectivity index (χ1) is 32.5. The van der Waals surface area contributed by atoms with Gasteiger partial charge in [-0.25, -0.2) is 4.98 Å². The van der Waals surface area contributed by atoms with Crippen molar-refractivity contribution in [1.82, 2.24) is 24.1 Å². The molecule has 0 fully saturated rings. The van der Waals surface area contributed by atoms with E-state index in [0.717, 1.165) is 67.2 Å². The molecule has 1 unspecified atom stereocenters. The molecule has 4 heterocycles. The van der Waals surface area contributed by atoms with Gasteiger partial charge >= 0.3 is 0 Å². The van der Waals surface area contributed by atoms with Crippen LogP contribution in [0, 0.1) is 0 Å². The number of benzene rings is 8. The number of allylic oxidation sites excluding steroid dienone is 1. The highest BCUT2D eigenvalue weighted by molar-refractivity contribution is 6.13. The van der Waals surface area contributed by atoms with Gasteiger partial charge in [-0.05, 0) is 82.3 Å². The first-order valence-corrected chi connectivity index (χ1v) is 22.8. The summed E-state index contributed by atoms with van der Waals surface area (Å²) in [6.07, 6.45) is 5.38. The van der Waals surface area contributed by atoms with E-state index in [-0.39, 0.29) is 11.5 Å². The Morgan fingerprint density at radius 2 is 1.14 bits per heavy atom. The van der Waals surface area contributed by atoms with Crippen molar-refractivity contribution < 1.29 is 4.42 Å². The predicted molar refractivity (Wildman–Crippen MR) is 269 cm³/mol. The number of fused-ring (bicyclic) bond motifs is 12. The van der Waals surface area contributed by atoms with Gasteiger partial charge in [-0.15, -0.1) is 0 Å². The highest BCUT2D eigenvalue weighted by atomic mass is 16.3. The van der Waals surface area contributed by atoms with E-state index in [1.165, 1.54) is 49.6 Å². The molecule has 66 heavy (non-hydrogen) atoms. The molecule has 14 rings (SSSR count). The first-order valence-electron chi connectivity index (χ1n) is 22.8. The normalized spacial score (nSPS) is 15.0. The molecule has 0 saturated heterocycles. The molecular weight excluding hydrogens is 807 g/mol. The molecule has 0 N–H and O–H groups in total. The van der Waals surface area contributed by atoms with Crippen LogP contribution in [0.15, 0.2) is 192 Å². The fraction of sp³-hybridized carbons (Fsp3) is 0.0833. The summed E-state index contributed by atoms with van der Waals surface area (Å²) in [5.41, 5.74) is 15.8. The Morgan fingerprint density at radius 1 is 0.485 bits per heavy atom. The van der Waals surface area contributed by atoms with Crippen molar-refractivity contribution in [1.29, 1.82) is 0 Å². The Balaban J connectivity index is 1.01. The minimum Gasteiger partial charge on any atom is -0.458 e. The second-order valence-corrected chi connectivity index (χ2v) is 18.3. The molecular formula is C60H41N5O. The lowest BCUT2D eigenvalue weighted by atomic mass is 9.82. The molecule has 6 nitrogen and oxygen atoms in total. The molecule has 8 aromatic carbocycles. The van der Waals surface area contributed by atoms with Crippen LogP contribution in [-0.4, -0.2) is 24.1 Å². The maximum Gasteiger partial charge on any atom is 0.238 e. The summed E-state index contributed by atoms with van der Waals surface area (Å²) in [4.78, 5) is 15.6. The first kappa shape index (κ1) is 37.1. The highest BCUT2D eigenvalue weighted by Crippen LogP contribution is 2.51. The Labute approximate surface area is 380 Å². The molecule has 1 atom stereocenters. The third-order valence-electron chi connectivity index (χ3n) is 14.3. The van der Waals surface area contributed by atoms with Crippen molar-refractivity contribution in [2.45, 2.75) is 31.7 Å². The summed E-state index contributed by atoms with van der Waals surface area (Å²) in [5, 5.41) is 5.92. The summed E-state index contributed by atoms with van der Waals surface area (Å²) in [6.45, 7) is 4.68.